The molecule has 4 nitrogen and oxygen atoms in total. The van der Waals surface area contributed by atoms with Crippen molar-refractivity contribution in [1.29, 1.82) is 0 Å². The van der Waals surface area contributed by atoms with E-state index in [-0.39, 0.29) is 16.0 Å². The smallest absolute Gasteiger partial charge is 0.251 e. The third-order valence-electron chi connectivity index (χ3n) is 2.46. The summed E-state index contributed by atoms with van der Waals surface area (Å²) >= 11 is 6.00. The maximum absolute atomic E-state index is 12.0. The second-order valence-corrected chi connectivity index (χ2v) is 6.71. The fourth-order valence-corrected chi connectivity index (χ4v) is 2.75. The molecular weight excluding hydrogens is 310 g/mol. The standard InChI is InChI=1S/C12H17ClF2N2O2S/c1-8(2)16-6-9-3-4-10(5-11(9)13)20(18,19)17-7-12(14)15/h3-5,8,12,16-17H,6-7H2,1-2H3. The van der Waals surface area contributed by atoms with E-state index in [0.717, 1.165) is 5.56 Å². The number of alkyl halides is 2. The van der Waals surface area contributed by atoms with Gasteiger partial charge < -0.3 is 5.32 Å². The summed E-state index contributed by atoms with van der Waals surface area (Å²) in [5, 5.41) is 3.43. The molecule has 0 fully saturated rings. The Bertz CT molecular complexity index is 550. The molecule has 0 heterocycles. The van der Waals surface area contributed by atoms with Gasteiger partial charge in [-0.3, -0.25) is 0 Å². The molecule has 2 N–H and O–H groups in total. The van der Waals surface area contributed by atoms with E-state index in [0.29, 0.717) is 6.54 Å². The van der Waals surface area contributed by atoms with Crippen LogP contribution in [0, 0.1) is 0 Å². The third kappa shape index (κ3) is 5.32. The number of hydrogen-bond acceptors (Lipinski definition) is 3. The minimum absolute atomic E-state index is 0.128. The van der Waals surface area contributed by atoms with Crippen LogP contribution < -0.4 is 10.0 Å². The first kappa shape index (κ1) is 17.3. The minimum Gasteiger partial charge on any atom is -0.310 e. The zero-order valence-corrected chi connectivity index (χ0v) is 12.7. The van der Waals surface area contributed by atoms with Gasteiger partial charge in [-0.1, -0.05) is 31.5 Å². The SMILES string of the molecule is CC(C)NCc1ccc(S(=O)(=O)NCC(F)F)cc1Cl. The molecule has 0 aliphatic carbocycles. The molecule has 0 aliphatic rings. The van der Waals surface area contributed by atoms with Gasteiger partial charge in [0.25, 0.3) is 6.43 Å². The zero-order valence-electron chi connectivity index (χ0n) is 11.2. The molecule has 0 bridgehead atoms. The summed E-state index contributed by atoms with van der Waals surface area (Å²) in [5.74, 6) is 0. The van der Waals surface area contributed by atoms with Crippen molar-refractivity contribution in [3.63, 3.8) is 0 Å². The van der Waals surface area contributed by atoms with Crippen LogP contribution in [-0.2, 0) is 16.6 Å². The molecule has 0 unspecified atom stereocenters. The van der Waals surface area contributed by atoms with Crippen molar-refractivity contribution in [3.8, 4) is 0 Å². The molecule has 0 aromatic heterocycles. The van der Waals surface area contributed by atoms with E-state index in [9.17, 15) is 17.2 Å². The van der Waals surface area contributed by atoms with Crippen LogP contribution in [0.2, 0.25) is 5.02 Å². The second-order valence-electron chi connectivity index (χ2n) is 4.53. The Morgan fingerprint density at radius 3 is 2.45 bits per heavy atom. The highest BCUT2D eigenvalue weighted by molar-refractivity contribution is 7.89. The van der Waals surface area contributed by atoms with Crippen molar-refractivity contribution in [2.24, 2.45) is 0 Å². The van der Waals surface area contributed by atoms with Crippen LogP contribution in [0.4, 0.5) is 8.78 Å². The number of hydrogen-bond donors (Lipinski definition) is 2. The third-order valence-corrected chi connectivity index (χ3v) is 4.24. The van der Waals surface area contributed by atoms with Crippen molar-refractivity contribution < 1.29 is 17.2 Å². The van der Waals surface area contributed by atoms with Gasteiger partial charge in [0.05, 0.1) is 11.4 Å². The van der Waals surface area contributed by atoms with Crippen molar-refractivity contribution in [2.75, 3.05) is 6.54 Å². The molecule has 114 valence electrons. The summed E-state index contributed by atoms with van der Waals surface area (Å²) in [7, 11) is -3.96. The van der Waals surface area contributed by atoms with E-state index in [4.69, 9.17) is 11.6 Å². The lowest BCUT2D eigenvalue weighted by Crippen LogP contribution is -2.28. The Morgan fingerprint density at radius 2 is 1.95 bits per heavy atom. The Balaban J connectivity index is 2.85. The highest BCUT2D eigenvalue weighted by atomic mass is 35.5. The van der Waals surface area contributed by atoms with Crippen molar-refractivity contribution >= 4 is 21.6 Å². The van der Waals surface area contributed by atoms with Crippen molar-refractivity contribution in [3.05, 3.63) is 28.8 Å². The van der Waals surface area contributed by atoms with E-state index in [2.05, 4.69) is 5.32 Å². The lowest BCUT2D eigenvalue weighted by molar-refractivity contribution is 0.153. The van der Waals surface area contributed by atoms with Crippen LogP contribution >= 0.6 is 11.6 Å². The second kappa shape index (κ2) is 7.31. The highest BCUT2D eigenvalue weighted by Crippen LogP contribution is 2.21. The molecule has 0 aliphatic heterocycles. The van der Waals surface area contributed by atoms with Gasteiger partial charge >= 0.3 is 0 Å². The largest absolute Gasteiger partial charge is 0.310 e. The van der Waals surface area contributed by atoms with E-state index >= 15 is 0 Å². The maximum Gasteiger partial charge on any atom is 0.251 e. The van der Waals surface area contributed by atoms with E-state index in [1.165, 1.54) is 12.1 Å². The summed E-state index contributed by atoms with van der Waals surface area (Å²) in [6.07, 6.45) is -2.74. The van der Waals surface area contributed by atoms with Crippen LogP contribution in [0.15, 0.2) is 23.1 Å². The molecule has 8 heteroatoms. The van der Waals surface area contributed by atoms with Gasteiger partial charge in [0.15, 0.2) is 0 Å². The monoisotopic (exact) mass is 326 g/mol. The Morgan fingerprint density at radius 1 is 1.30 bits per heavy atom. The first-order chi connectivity index (χ1) is 9.22. The first-order valence-electron chi connectivity index (χ1n) is 6.02. The molecule has 0 radical (unpaired) electrons. The van der Waals surface area contributed by atoms with Crippen LogP contribution in [0.5, 0.6) is 0 Å². The number of sulfonamides is 1. The van der Waals surface area contributed by atoms with Crippen LogP contribution in [0.1, 0.15) is 19.4 Å². The van der Waals surface area contributed by atoms with Crippen LogP contribution in [0.25, 0.3) is 0 Å². The minimum atomic E-state index is -3.96. The number of benzene rings is 1. The molecule has 0 atom stereocenters. The fourth-order valence-electron chi connectivity index (χ4n) is 1.41. The summed E-state index contributed by atoms with van der Waals surface area (Å²) in [5.41, 5.74) is 0.744. The molecule has 1 rings (SSSR count). The van der Waals surface area contributed by atoms with E-state index in [1.807, 2.05) is 18.6 Å². The summed E-state index contributed by atoms with van der Waals surface area (Å²) in [4.78, 5) is -0.128. The van der Waals surface area contributed by atoms with Crippen LogP contribution in [0.3, 0.4) is 0 Å². The Labute approximate surface area is 122 Å². The van der Waals surface area contributed by atoms with Gasteiger partial charge in [-0.05, 0) is 17.7 Å². The molecule has 0 spiro atoms. The lowest BCUT2D eigenvalue weighted by atomic mass is 10.2. The molecule has 0 saturated heterocycles. The Hall–Kier alpha value is -0.760. The number of halogens is 3. The van der Waals surface area contributed by atoms with Gasteiger partial charge in [-0.15, -0.1) is 0 Å². The van der Waals surface area contributed by atoms with Gasteiger partial charge in [0.2, 0.25) is 10.0 Å². The summed E-state index contributed by atoms with van der Waals surface area (Å²) < 4.78 is 49.4. The van der Waals surface area contributed by atoms with Crippen molar-refractivity contribution in [1.82, 2.24) is 10.0 Å². The van der Waals surface area contributed by atoms with Gasteiger partial charge in [-0.2, -0.15) is 0 Å². The summed E-state index contributed by atoms with van der Waals surface area (Å²) in [6.45, 7) is 3.53. The molecular formula is C12H17ClF2N2O2S. The molecule has 1 aromatic rings. The number of rotatable bonds is 7. The molecule has 0 amide bonds. The molecule has 1 aromatic carbocycles. The Kier molecular flexibility index (Phi) is 6.32. The van der Waals surface area contributed by atoms with E-state index in [1.54, 1.807) is 6.07 Å². The van der Waals surface area contributed by atoms with Gasteiger partial charge in [0, 0.05) is 17.6 Å². The fraction of sp³-hybridized carbons (Fsp3) is 0.500. The predicted molar refractivity (Wildman–Crippen MR) is 74.6 cm³/mol. The average molecular weight is 327 g/mol. The summed E-state index contributed by atoms with van der Waals surface area (Å²) in [6, 6.07) is 4.43. The number of nitrogens with one attached hydrogen (secondary N) is 2. The highest BCUT2D eigenvalue weighted by Gasteiger charge is 2.17. The normalized spacial score (nSPS) is 12.3. The van der Waals surface area contributed by atoms with Crippen molar-refractivity contribution in [2.45, 2.75) is 37.8 Å². The molecule has 0 saturated carbocycles. The van der Waals surface area contributed by atoms with Crippen LogP contribution in [-0.4, -0.2) is 27.4 Å². The van der Waals surface area contributed by atoms with Gasteiger partial charge in [-0.25, -0.2) is 21.9 Å². The quantitative estimate of drug-likeness (QED) is 0.809. The maximum atomic E-state index is 12.0. The average Bonchev–Trinajstić information content (AvgIpc) is 2.34. The predicted octanol–water partition coefficient (Wildman–Crippen LogP) is 2.38. The molecule has 20 heavy (non-hydrogen) atoms. The zero-order chi connectivity index (χ0) is 15.3. The lowest BCUT2D eigenvalue weighted by Gasteiger charge is -2.11. The topological polar surface area (TPSA) is 58.2 Å². The van der Waals surface area contributed by atoms with Gasteiger partial charge in [0.1, 0.15) is 0 Å². The first-order valence-corrected chi connectivity index (χ1v) is 7.88. The van der Waals surface area contributed by atoms with E-state index < -0.39 is 23.0 Å².